The molecular formula is C21H20ClNO3. The molecule has 1 aliphatic heterocycles. The summed E-state index contributed by atoms with van der Waals surface area (Å²) in [7, 11) is 0. The summed E-state index contributed by atoms with van der Waals surface area (Å²) in [6.45, 7) is 5.64. The summed E-state index contributed by atoms with van der Waals surface area (Å²) in [5.74, 6) is -0.880. The average molecular weight is 370 g/mol. The number of nitrogens with one attached hydrogen (secondary N) is 1. The van der Waals surface area contributed by atoms with Crippen molar-refractivity contribution >= 4 is 35.1 Å². The number of hydrogen-bond acceptors (Lipinski definition) is 3. The van der Waals surface area contributed by atoms with Gasteiger partial charge in [0.15, 0.2) is 0 Å². The minimum Gasteiger partial charge on any atom is -0.444 e. The molecule has 2 aromatic rings. The van der Waals surface area contributed by atoms with Gasteiger partial charge in [0.2, 0.25) is 6.10 Å². The third-order valence-corrected chi connectivity index (χ3v) is 4.16. The molecular weight excluding hydrogens is 350 g/mol. The lowest BCUT2D eigenvalue weighted by atomic mass is 9.96. The molecule has 1 atom stereocenters. The molecule has 26 heavy (non-hydrogen) atoms. The number of rotatable bonds is 2. The molecule has 0 saturated carbocycles. The summed E-state index contributed by atoms with van der Waals surface area (Å²) in [6.07, 6.45) is 0.784. The molecule has 4 nitrogen and oxygen atoms in total. The van der Waals surface area contributed by atoms with Crippen LogP contribution >= 0.6 is 11.6 Å². The fourth-order valence-electron chi connectivity index (χ4n) is 2.79. The van der Waals surface area contributed by atoms with Gasteiger partial charge >= 0.3 is 5.97 Å². The summed E-state index contributed by atoms with van der Waals surface area (Å²) >= 11 is 5.99. The van der Waals surface area contributed by atoms with E-state index in [1.54, 1.807) is 24.3 Å². The normalized spacial score (nSPS) is 16.8. The summed E-state index contributed by atoms with van der Waals surface area (Å²) < 4.78 is 5.59. The summed E-state index contributed by atoms with van der Waals surface area (Å²) in [5.41, 5.74) is 2.08. The van der Waals surface area contributed by atoms with Crippen molar-refractivity contribution in [2.24, 2.45) is 0 Å². The number of cyclic esters (lactones) is 1. The van der Waals surface area contributed by atoms with Gasteiger partial charge < -0.3 is 10.1 Å². The van der Waals surface area contributed by atoms with Crippen LogP contribution in [0.1, 0.15) is 42.3 Å². The Morgan fingerprint density at radius 1 is 1.08 bits per heavy atom. The van der Waals surface area contributed by atoms with Crippen LogP contribution in [0.5, 0.6) is 0 Å². The molecule has 1 N–H and O–H groups in total. The topological polar surface area (TPSA) is 55.4 Å². The van der Waals surface area contributed by atoms with Crippen molar-refractivity contribution in [2.75, 3.05) is 0 Å². The van der Waals surface area contributed by atoms with Gasteiger partial charge in [-0.2, -0.15) is 0 Å². The van der Waals surface area contributed by atoms with E-state index in [0.29, 0.717) is 21.7 Å². The highest BCUT2D eigenvalue weighted by Gasteiger charge is 2.33. The summed E-state index contributed by atoms with van der Waals surface area (Å²) in [5, 5.41) is 3.49. The molecule has 0 aromatic heterocycles. The first-order valence-electron chi connectivity index (χ1n) is 8.34. The Balaban J connectivity index is 2.11. The van der Waals surface area contributed by atoms with Crippen LogP contribution in [-0.4, -0.2) is 23.5 Å². The maximum Gasteiger partial charge on any atom is 0.339 e. The van der Waals surface area contributed by atoms with Crippen molar-refractivity contribution in [3.63, 3.8) is 0 Å². The Labute approximate surface area is 157 Å². The van der Waals surface area contributed by atoms with Crippen molar-refractivity contribution in [2.45, 2.75) is 32.4 Å². The number of amides is 1. The number of fused-ring (bicyclic) bond motifs is 1. The lowest BCUT2D eigenvalue weighted by Crippen LogP contribution is -2.47. The highest BCUT2D eigenvalue weighted by atomic mass is 35.5. The minimum atomic E-state index is -1.05. The van der Waals surface area contributed by atoms with E-state index >= 15 is 0 Å². The van der Waals surface area contributed by atoms with Gasteiger partial charge in [-0.25, -0.2) is 4.79 Å². The third kappa shape index (κ3) is 3.97. The molecule has 0 fully saturated rings. The molecule has 3 rings (SSSR count). The van der Waals surface area contributed by atoms with Gasteiger partial charge in [0.05, 0.1) is 5.56 Å². The van der Waals surface area contributed by atoms with Gasteiger partial charge in [0.25, 0.3) is 5.91 Å². The van der Waals surface area contributed by atoms with E-state index in [2.05, 4.69) is 5.32 Å². The first kappa shape index (κ1) is 18.2. The zero-order chi connectivity index (χ0) is 18.9. The van der Waals surface area contributed by atoms with Crippen LogP contribution in [0.15, 0.2) is 48.5 Å². The Hall–Kier alpha value is -2.59. The van der Waals surface area contributed by atoms with Gasteiger partial charge in [-0.3, -0.25) is 4.79 Å². The number of esters is 1. The second kappa shape index (κ2) is 6.96. The minimum absolute atomic E-state index is 0.361. The number of carbonyl (C=O) groups excluding carboxylic acids is 2. The molecule has 2 aromatic carbocycles. The second-order valence-electron chi connectivity index (χ2n) is 7.22. The predicted octanol–water partition coefficient (Wildman–Crippen LogP) is 4.33. The maximum atomic E-state index is 12.9. The fraction of sp³-hybridized carbons (Fsp3) is 0.238. The smallest absolute Gasteiger partial charge is 0.339 e. The van der Waals surface area contributed by atoms with Crippen LogP contribution in [0.25, 0.3) is 11.6 Å². The fourth-order valence-corrected chi connectivity index (χ4v) is 2.92. The van der Waals surface area contributed by atoms with E-state index in [1.165, 1.54) is 0 Å². The number of hydrogen-bond donors (Lipinski definition) is 1. The van der Waals surface area contributed by atoms with Crippen molar-refractivity contribution in [1.29, 1.82) is 0 Å². The molecule has 0 bridgehead atoms. The molecule has 134 valence electrons. The SMILES string of the molecule is CC(C)(C)NC(=O)[C@H]1OC(=O)c2ccccc2C=C1c1ccc(Cl)cc1. The molecule has 0 spiro atoms. The standard InChI is InChI=1S/C21H20ClNO3/c1-21(2,3)23-19(24)18-17(13-8-10-15(22)11-9-13)12-14-6-4-5-7-16(14)20(25)26-18/h4-12,18H,1-3H3,(H,23,24)/t18-/m0/s1. The molecule has 0 aliphatic carbocycles. The van der Waals surface area contributed by atoms with Crippen LogP contribution in [0, 0.1) is 0 Å². The van der Waals surface area contributed by atoms with E-state index in [1.807, 2.05) is 51.1 Å². The average Bonchev–Trinajstić information content (AvgIpc) is 2.71. The van der Waals surface area contributed by atoms with Crippen LogP contribution in [0.4, 0.5) is 0 Å². The number of benzene rings is 2. The van der Waals surface area contributed by atoms with Gasteiger partial charge in [-0.05, 0) is 56.2 Å². The Morgan fingerprint density at radius 3 is 2.38 bits per heavy atom. The summed E-state index contributed by atoms with van der Waals surface area (Å²) in [4.78, 5) is 25.4. The van der Waals surface area contributed by atoms with Crippen molar-refractivity contribution in [3.8, 4) is 0 Å². The highest BCUT2D eigenvalue weighted by Crippen LogP contribution is 2.30. The number of carbonyl (C=O) groups is 2. The largest absolute Gasteiger partial charge is 0.444 e. The monoisotopic (exact) mass is 369 g/mol. The van der Waals surface area contributed by atoms with Crippen LogP contribution in [0.2, 0.25) is 5.02 Å². The third-order valence-electron chi connectivity index (χ3n) is 3.91. The lowest BCUT2D eigenvalue weighted by Gasteiger charge is -2.25. The van der Waals surface area contributed by atoms with E-state index in [9.17, 15) is 9.59 Å². The van der Waals surface area contributed by atoms with E-state index in [0.717, 1.165) is 5.56 Å². The Bertz CT molecular complexity index is 879. The molecule has 1 aliphatic rings. The lowest BCUT2D eigenvalue weighted by molar-refractivity contribution is -0.128. The predicted molar refractivity (Wildman–Crippen MR) is 103 cm³/mol. The molecule has 0 saturated heterocycles. The molecule has 1 amide bonds. The molecule has 0 radical (unpaired) electrons. The van der Waals surface area contributed by atoms with Gasteiger partial charge in [0, 0.05) is 16.1 Å². The maximum absolute atomic E-state index is 12.9. The number of ether oxygens (including phenoxy) is 1. The van der Waals surface area contributed by atoms with Crippen molar-refractivity contribution in [1.82, 2.24) is 5.32 Å². The molecule has 1 heterocycles. The Morgan fingerprint density at radius 2 is 1.73 bits per heavy atom. The Kier molecular flexibility index (Phi) is 4.88. The van der Waals surface area contributed by atoms with E-state index < -0.39 is 17.6 Å². The highest BCUT2D eigenvalue weighted by molar-refractivity contribution is 6.30. The summed E-state index contributed by atoms with van der Waals surface area (Å²) in [6, 6.07) is 14.3. The van der Waals surface area contributed by atoms with Crippen molar-refractivity contribution in [3.05, 3.63) is 70.2 Å². The van der Waals surface area contributed by atoms with E-state index in [-0.39, 0.29) is 5.91 Å². The van der Waals surface area contributed by atoms with E-state index in [4.69, 9.17) is 16.3 Å². The van der Waals surface area contributed by atoms with Crippen molar-refractivity contribution < 1.29 is 14.3 Å². The molecule has 5 heteroatoms. The first-order valence-corrected chi connectivity index (χ1v) is 8.72. The van der Waals surface area contributed by atoms with Gasteiger partial charge in [-0.15, -0.1) is 0 Å². The van der Waals surface area contributed by atoms with Gasteiger partial charge in [0.1, 0.15) is 0 Å². The molecule has 0 unspecified atom stereocenters. The van der Waals surface area contributed by atoms with Crippen LogP contribution in [-0.2, 0) is 9.53 Å². The zero-order valence-electron chi connectivity index (χ0n) is 14.9. The van der Waals surface area contributed by atoms with Crippen LogP contribution in [0.3, 0.4) is 0 Å². The first-order chi connectivity index (χ1) is 12.2. The second-order valence-corrected chi connectivity index (χ2v) is 7.65. The quantitative estimate of drug-likeness (QED) is 0.801. The zero-order valence-corrected chi connectivity index (χ0v) is 15.6. The van der Waals surface area contributed by atoms with Gasteiger partial charge in [-0.1, -0.05) is 41.9 Å². The number of halogens is 1. The van der Waals surface area contributed by atoms with Crippen LogP contribution < -0.4 is 5.32 Å².